The molecule has 1 N–H and O–H groups in total. The van der Waals surface area contributed by atoms with E-state index in [-0.39, 0.29) is 28.3 Å². The van der Waals surface area contributed by atoms with Crippen LogP contribution >= 0.6 is 0 Å². The van der Waals surface area contributed by atoms with Gasteiger partial charge >= 0.3 is 5.97 Å². The molecule has 27 heavy (non-hydrogen) atoms. The van der Waals surface area contributed by atoms with Gasteiger partial charge in [0.25, 0.3) is 5.91 Å². The predicted molar refractivity (Wildman–Crippen MR) is 89.5 cm³/mol. The maximum absolute atomic E-state index is 13.7. The van der Waals surface area contributed by atoms with Crippen molar-refractivity contribution in [2.45, 2.75) is 6.92 Å². The Bertz CT molecular complexity index is 1020. The average Bonchev–Trinajstić information content (AvgIpc) is 3.10. The third-order valence-corrected chi connectivity index (χ3v) is 3.68. The summed E-state index contributed by atoms with van der Waals surface area (Å²) in [6.07, 6.45) is 2.22. The number of aryl methyl sites for hydroxylation is 1. The number of methoxy groups -OCH3 is 1. The standard InChI is InChI=1S/C17H13F2N5O3/c1-9-5-13(10(6-11(9)18)17(26)27-2)21-16(25)12-3-4-15(23-22-12)24-8-20-7-14(24)19/h3-8H,1-2H3,(H,21,25). The second-order valence-corrected chi connectivity index (χ2v) is 5.46. The Hall–Kier alpha value is -3.69. The average molecular weight is 373 g/mol. The first-order valence-corrected chi connectivity index (χ1v) is 7.62. The summed E-state index contributed by atoms with van der Waals surface area (Å²) in [5.74, 6) is -2.60. The Labute approximate surface area is 151 Å². The Balaban J connectivity index is 1.86. The molecule has 0 unspecified atom stereocenters. The molecule has 0 aliphatic heterocycles. The Morgan fingerprint density at radius 1 is 1.19 bits per heavy atom. The number of nitrogens with one attached hydrogen (secondary N) is 1. The minimum atomic E-state index is -0.804. The van der Waals surface area contributed by atoms with E-state index in [9.17, 15) is 18.4 Å². The fraction of sp³-hybridized carbons (Fsp3) is 0.118. The van der Waals surface area contributed by atoms with Crippen LogP contribution in [0, 0.1) is 18.7 Å². The maximum atomic E-state index is 13.7. The number of anilines is 1. The second-order valence-electron chi connectivity index (χ2n) is 5.46. The molecule has 138 valence electrons. The summed E-state index contributed by atoms with van der Waals surface area (Å²) in [6.45, 7) is 1.49. The van der Waals surface area contributed by atoms with Gasteiger partial charge < -0.3 is 10.1 Å². The lowest BCUT2D eigenvalue weighted by Crippen LogP contribution is -2.18. The molecule has 1 aromatic carbocycles. The van der Waals surface area contributed by atoms with Crippen molar-refractivity contribution in [1.82, 2.24) is 19.7 Å². The van der Waals surface area contributed by atoms with Crippen LogP contribution in [0.1, 0.15) is 26.4 Å². The predicted octanol–water partition coefficient (Wildman–Crippen LogP) is 2.29. The summed E-state index contributed by atoms with van der Waals surface area (Å²) < 4.78 is 32.9. The van der Waals surface area contributed by atoms with Crippen LogP contribution in [-0.4, -0.2) is 38.7 Å². The molecule has 0 fully saturated rings. The molecule has 8 nitrogen and oxygen atoms in total. The van der Waals surface area contributed by atoms with Crippen LogP contribution in [0.4, 0.5) is 14.5 Å². The van der Waals surface area contributed by atoms with E-state index in [1.807, 2.05) is 0 Å². The summed E-state index contributed by atoms with van der Waals surface area (Å²) in [4.78, 5) is 27.8. The van der Waals surface area contributed by atoms with E-state index in [4.69, 9.17) is 0 Å². The van der Waals surface area contributed by atoms with Crippen LogP contribution in [0.2, 0.25) is 0 Å². The smallest absolute Gasteiger partial charge is 0.340 e. The highest BCUT2D eigenvalue weighted by Gasteiger charge is 2.18. The van der Waals surface area contributed by atoms with Crippen molar-refractivity contribution < 1.29 is 23.1 Å². The molecule has 0 spiro atoms. The largest absolute Gasteiger partial charge is 0.465 e. The van der Waals surface area contributed by atoms with E-state index >= 15 is 0 Å². The molecule has 0 atom stereocenters. The van der Waals surface area contributed by atoms with Crippen LogP contribution < -0.4 is 5.32 Å². The molecule has 2 heterocycles. The molecule has 0 radical (unpaired) electrons. The van der Waals surface area contributed by atoms with Gasteiger partial charge in [-0.3, -0.25) is 9.36 Å². The molecule has 0 aliphatic carbocycles. The topological polar surface area (TPSA) is 99.0 Å². The fourth-order valence-corrected chi connectivity index (χ4v) is 2.27. The van der Waals surface area contributed by atoms with Gasteiger partial charge in [-0.05, 0) is 36.8 Å². The van der Waals surface area contributed by atoms with E-state index in [0.717, 1.165) is 23.9 Å². The number of rotatable bonds is 4. The summed E-state index contributed by atoms with van der Waals surface area (Å²) >= 11 is 0. The number of halogens is 2. The minimum Gasteiger partial charge on any atom is -0.465 e. The van der Waals surface area contributed by atoms with Crippen LogP contribution in [0.3, 0.4) is 0 Å². The lowest BCUT2D eigenvalue weighted by atomic mass is 10.1. The molecular weight excluding hydrogens is 360 g/mol. The summed E-state index contributed by atoms with van der Waals surface area (Å²) in [5.41, 5.74) is 0.0725. The Morgan fingerprint density at radius 2 is 1.96 bits per heavy atom. The summed E-state index contributed by atoms with van der Waals surface area (Å²) in [6, 6.07) is 4.99. The summed E-state index contributed by atoms with van der Waals surface area (Å²) in [5, 5.41) is 9.98. The minimum absolute atomic E-state index is 0.0669. The van der Waals surface area contributed by atoms with Gasteiger partial charge in [0.05, 0.1) is 24.6 Å². The quantitative estimate of drug-likeness (QED) is 0.705. The van der Waals surface area contributed by atoms with E-state index in [2.05, 4.69) is 25.2 Å². The second kappa shape index (κ2) is 7.28. The van der Waals surface area contributed by atoms with Crippen molar-refractivity contribution in [3.8, 4) is 5.82 Å². The molecule has 3 rings (SSSR count). The maximum Gasteiger partial charge on any atom is 0.340 e. The molecule has 0 saturated carbocycles. The highest BCUT2D eigenvalue weighted by molar-refractivity contribution is 6.07. The van der Waals surface area contributed by atoms with Crippen LogP contribution in [0.25, 0.3) is 5.82 Å². The van der Waals surface area contributed by atoms with Gasteiger partial charge in [-0.1, -0.05) is 0 Å². The first-order valence-electron chi connectivity index (χ1n) is 7.62. The van der Waals surface area contributed by atoms with Crippen LogP contribution in [0.5, 0.6) is 0 Å². The SMILES string of the molecule is COC(=O)c1cc(F)c(C)cc1NC(=O)c1ccc(-n2cncc2F)nn1. The Kier molecular flexibility index (Phi) is 4.88. The number of carbonyl (C=O) groups is 2. The number of hydrogen-bond acceptors (Lipinski definition) is 6. The van der Waals surface area contributed by atoms with Crippen molar-refractivity contribution >= 4 is 17.6 Å². The zero-order valence-corrected chi connectivity index (χ0v) is 14.2. The third-order valence-electron chi connectivity index (χ3n) is 3.68. The molecule has 0 aliphatic rings. The first kappa shape index (κ1) is 18.1. The van der Waals surface area contributed by atoms with Crippen molar-refractivity contribution in [3.05, 3.63) is 65.4 Å². The lowest BCUT2D eigenvalue weighted by Gasteiger charge is -2.11. The number of benzene rings is 1. The van der Waals surface area contributed by atoms with E-state index < -0.39 is 23.6 Å². The fourth-order valence-electron chi connectivity index (χ4n) is 2.27. The van der Waals surface area contributed by atoms with Gasteiger partial charge in [0, 0.05) is 0 Å². The number of imidazole rings is 1. The molecule has 0 bridgehead atoms. The van der Waals surface area contributed by atoms with E-state index in [1.54, 1.807) is 0 Å². The van der Waals surface area contributed by atoms with E-state index in [0.29, 0.717) is 0 Å². The number of carbonyl (C=O) groups excluding carboxylic acids is 2. The highest BCUT2D eigenvalue weighted by atomic mass is 19.1. The molecule has 3 aromatic rings. The number of ether oxygens (including phenoxy) is 1. The van der Waals surface area contributed by atoms with Crippen molar-refractivity contribution in [2.75, 3.05) is 12.4 Å². The third kappa shape index (κ3) is 3.64. The number of aromatic nitrogens is 4. The van der Waals surface area contributed by atoms with Gasteiger partial charge in [-0.2, -0.15) is 4.39 Å². The molecule has 0 saturated heterocycles. The van der Waals surface area contributed by atoms with Gasteiger partial charge in [-0.15, -0.1) is 10.2 Å². The highest BCUT2D eigenvalue weighted by Crippen LogP contribution is 2.22. The number of esters is 1. The van der Waals surface area contributed by atoms with Gasteiger partial charge in [0.15, 0.2) is 11.5 Å². The first-order chi connectivity index (χ1) is 12.9. The number of nitrogens with zero attached hydrogens (tertiary/aromatic N) is 4. The van der Waals surface area contributed by atoms with Crippen LogP contribution in [0.15, 0.2) is 36.8 Å². The van der Waals surface area contributed by atoms with Crippen LogP contribution in [-0.2, 0) is 4.74 Å². The molecule has 1 amide bonds. The van der Waals surface area contributed by atoms with E-state index in [1.165, 1.54) is 31.5 Å². The van der Waals surface area contributed by atoms with Crippen molar-refractivity contribution in [1.29, 1.82) is 0 Å². The molecular formula is C17H13F2N5O3. The van der Waals surface area contributed by atoms with Crippen molar-refractivity contribution in [2.24, 2.45) is 0 Å². The Morgan fingerprint density at radius 3 is 2.56 bits per heavy atom. The van der Waals surface area contributed by atoms with Gasteiger partial charge in [0.2, 0.25) is 5.95 Å². The summed E-state index contributed by atoms with van der Waals surface area (Å²) in [7, 11) is 1.14. The molecule has 10 heteroatoms. The zero-order chi connectivity index (χ0) is 19.6. The molecule has 2 aromatic heterocycles. The van der Waals surface area contributed by atoms with Gasteiger partial charge in [0.1, 0.15) is 12.1 Å². The van der Waals surface area contributed by atoms with Gasteiger partial charge in [-0.25, -0.2) is 14.2 Å². The zero-order valence-electron chi connectivity index (χ0n) is 14.2. The van der Waals surface area contributed by atoms with Crippen molar-refractivity contribution in [3.63, 3.8) is 0 Å². The monoisotopic (exact) mass is 373 g/mol. The lowest BCUT2D eigenvalue weighted by molar-refractivity contribution is 0.0601. The number of hydrogen-bond donors (Lipinski definition) is 1. The number of amides is 1. The normalized spacial score (nSPS) is 10.5.